The predicted octanol–water partition coefficient (Wildman–Crippen LogP) is 1.31. The Kier molecular flexibility index (Phi) is 2.19. The van der Waals surface area contributed by atoms with Gasteiger partial charge in [0.2, 0.25) is 5.91 Å². The van der Waals surface area contributed by atoms with Gasteiger partial charge < -0.3 is 14.8 Å². The number of hydrogen-bond acceptors (Lipinski definition) is 3. The average molecular weight is 219 g/mol. The lowest BCUT2D eigenvalue weighted by molar-refractivity contribution is -0.165. The molecule has 4 heteroatoms. The minimum atomic E-state index is -0.739. The molecule has 1 aromatic carbocycles. The summed E-state index contributed by atoms with van der Waals surface area (Å²) in [6, 6.07) is 7.77. The van der Waals surface area contributed by atoms with Crippen molar-refractivity contribution in [1.82, 2.24) is 0 Å². The van der Waals surface area contributed by atoms with Crippen LogP contribution in [0.2, 0.25) is 0 Å². The number of para-hydroxylation sites is 1. The highest BCUT2D eigenvalue weighted by Gasteiger charge is 2.41. The Balaban J connectivity index is 2.00. The molecule has 3 rings (SSSR count). The Hall–Kier alpha value is -1.39. The Bertz CT molecular complexity index is 424. The Morgan fingerprint density at radius 3 is 2.69 bits per heavy atom. The summed E-state index contributed by atoms with van der Waals surface area (Å²) >= 11 is 0. The number of benzene rings is 1. The van der Waals surface area contributed by atoms with Gasteiger partial charge in [0.05, 0.1) is 19.6 Å². The van der Waals surface area contributed by atoms with Crippen LogP contribution in [0.3, 0.4) is 0 Å². The standard InChI is InChI=1S/C12H13NO3/c14-11-8-12(15-5-6-16-12)7-9-3-1-2-4-10(9)13-11/h1-4H,5-8H2,(H,13,14). The fraction of sp³-hybridized carbons (Fsp3) is 0.417. The molecule has 1 aromatic rings. The first kappa shape index (κ1) is 9.81. The normalized spacial score (nSPS) is 22.6. The molecule has 1 amide bonds. The second-order valence-electron chi connectivity index (χ2n) is 4.17. The molecule has 0 atom stereocenters. The summed E-state index contributed by atoms with van der Waals surface area (Å²) in [5.74, 6) is -0.789. The number of carbonyl (C=O) groups excluding carboxylic acids is 1. The number of nitrogens with one attached hydrogen (secondary N) is 1. The van der Waals surface area contributed by atoms with E-state index in [9.17, 15) is 4.79 Å². The van der Waals surface area contributed by atoms with Gasteiger partial charge in [-0.25, -0.2) is 0 Å². The third-order valence-corrected chi connectivity index (χ3v) is 2.99. The molecule has 2 heterocycles. The highest BCUT2D eigenvalue weighted by atomic mass is 16.7. The number of carbonyl (C=O) groups is 1. The van der Waals surface area contributed by atoms with Gasteiger partial charge in [0, 0.05) is 12.1 Å². The molecule has 1 fully saturated rings. The molecule has 84 valence electrons. The number of hydrogen-bond donors (Lipinski definition) is 1. The highest BCUT2D eigenvalue weighted by molar-refractivity contribution is 5.93. The lowest BCUT2D eigenvalue weighted by atomic mass is 10.0. The van der Waals surface area contributed by atoms with E-state index < -0.39 is 5.79 Å². The number of amides is 1. The van der Waals surface area contributed by atoms with E-state index in [1.165, 1.54) is 0 Å². The van der Waals surface area contributed by atoms with Crippen LogP contribution in [-0.2, 0) is 20.7 Å². The molecule has 0 unspecified atom stereocenters. The molecule has 1 N–H and O–H groups in total. The predicted molar refractivity (Wildman–Crippen MR) is 58.0 cm³/mol. The number of anilines is 1. The fourth-order valence-electron chi connectivity index (χ4n) is 2.29. The molecule has 2 aliphatic heterocycles. The second kappa shape index (κ2) is 3.57. The zero-order valence-corrected chi connectivity index (χ0v) is 8.86. The minimum absolute atomic E-state index is 0.0492. The largest absolute Gasteiger partial charge is 0.347 e. The van der Waals surface area contributed by atoms with Gasteiger partial charge in [-0.1, -0.05) is 18.2 Å². The van der Waals surface area contributed by atoms with Crippen molar-refractivity contribution in [3.05, 3.63) is 29.8 Å². The van der Waals surface area contributed by atoms with Crippen LogP contribution in [0.5, 0.6) is 0 Å². The van der Waals surface area contributed by atoms with Crippen LogP contribution >= 0.6 is 0 Å². The summed E-state index contributed by atoms with van der Waals surface area (Å²) in [6.07, 6.45) is 0.892. The Morgan fingerprint density at radius 2 is 1.88 bits per heavy atom. The van der Waals surface area contributed by atoms with Crippen molar-refractivity contribution in [1.29, 1.82) is 0 Å². The molecule has 4 nitrogen and oxygen atoms in total. The summed E-state index contributed by atoms with van der Waals surface area (Å²) in [7, 11) is 0. The average Bonchev–Trinajstić information content (AvgIpc) is 2.62. The first-order chi connectivity index (χ1) is 7.77. The highest BCUT2D eigenvalue weighted by Crippen LogP contribution is 2.33. The van der Waals surface area contributed by atoms with Crippen molar-refractivity contribution < 1.29 is 14.3 Å². The molecule has 16 heavy (non-hydrogen) atoms. The molecule has 1 saturated heterocycles. The Morgan fingerprint density at radius 1 is 1.12 bits per heavy atom. The molecule has 0 aromatic heterocycles. The van der Waals surface area contributed by atoms with Crippen LogP contribution in [0, 0.1) is 0 Å². The van der Waals surface area contributed by atoms with Crippen LogP contribution in [0.4, 0.5) is 5.69 Å². The molecule has 0 aliphatic carbocycles. The maximum atomic E-state index is 11.7. The van der Waals surface area contributed by atoms with E-state index in [4.69, 9.17) is 9.47 Å². The van der Waals surface area contributed by atoms with E-state index in [1.807, 2.05) is 24.3 Å². The van der Waals surface area contributed by atoms with Crippen molar-refractivity contribution >= 4 is 11.6 Å². The van der Waals surface area contributed by atoms with E-state index >= 15 is 0 Å². The van der Waals surface area contributed by atoms with Crippen molar-refractivity contribution in [2.24, 2.45) is 0 Å². The molecular weight excluding hydrogens is 206 g/mol. The van der Waals surface area contributed by atoms with E-state index in [2.05, 4.69) is 5.32 Å². The van der Waals surface area contributed by atoms with Gasteiger partial charge >= 0.3 is 0 Å². The van der Waals surface area contributed by atoms with Gasteiger partial charge in [-0.3, -0.25) is 4.79 Å². The lowest BCUT2D eigenvalue weighted by Crippen LogP contribution is -2.35. The summed E-state index contributed by atoms with van der Waals surface area (Å²) in [4.78, 5) is 11.7. The SMILES string of the molecule is O=C1CC2(Cc3ccccc3N1)OCCO2. The van der Waals surface area contributed by atoms with Gasteiger partial charge in [-0.05, 0) is 11.6 Å². The zero-order chi connectivity index (χ0) is 11.0. The second-order valence-corrected chi connectivity index (χ2v) is 4.17. The van der Waals surface area contributed by atoms with Crippen molar-refractivity contribution in [2.75, 3.05) is 18.5 Å². The number of rotatable bonds is 0. The molecular formula is C12H13NO3. The number of ether oxygens (including phenoxy) is 2. The van der Waals surface area contributed by atoms with Crippen LogP contribution in [-0.4, -0.2) is 24.9 Å². The molecule has 1 spiro atoms. The summed E-state index contributed by atoms with van der Waals surface area (Å²) in [5.41, 5.74) is 1.93. The van der Waals surface area contributed by atoms with Crippen LogP contribution in [0.15, 0.2) is 24.3 Å². The maximum absolute atomic E-state index is 11.7. The molecule has 2 aliphatic rings. The van der Waals surface area contributed by atoms with Gasteiger partial charge in [0.15, 0.2) is 5.79 Å². The molecule has 0 bridgehead atoms. The smallest absolute Gasteiger partial charge is 0.229 e. The van der Waals surface area contributed by atoms with Crippen LogP contribution in [0.25, 0.3) is 0 Å². The summed E-state index contributed by atoms with van der Waals surface area (Å²) in [6.45, 7) is 1.13. The van der Waals surface area contributed by atoms with E-state index in [1.54, 1.807) is 0 Å². The molecule has 0 radical (unpaired) electrons. The van der Waals surface area contributed by atoms with E-state index in [0.29, 0.717) is 19.6 Å². The maximum Gasteiger partial charge on any atom is 0.229 e. The van der Waals surface area contributed by atoms with Crippen LogP contribution < -0.4 is 5.32 Å². The van der Waals surface area contributed by atoms with E-state index in [-0.39, 0.29) is 12.3 Å². The van der Waals surface area contributed by atoms with Crippen molar-refractivity contribution in [3.63, 3.8) is 0 Å². The molecule has 0 saturated carbocycles. The van der Waals surface area contributed by atoms with Gasteiger partial charge in [0.25, 0.3) is 0 Å². The van der Waals surface area contributed by atoms with Crippen molar-refractivity contribution in [3.8, 4) is 0 Å². The monoisotopic (exact) mass is 219 g/mol. The quantitative estimate of drug-likeness (QED) is 0.715. The zero-order valence-electron chi connectivity index (χ0n) is 8.86. The fourth-order valence-corrected chi connectivity index (χ4v) is 2.29. The first-order valence-corrected chi connectivity index (χ1v) is 5.43. The van der Waals surface area contributed by atoms with Gasteiger partial charge in [-0.15, -0.1) is 0 Å². The van der Waals surface area contributed by atoms with Gasteiger partial charge in [-0.2, -0.15) is 0 Å². The lowest BCUT2D eigenvalue weighted by Gasteiger charge is -2.24. The summed E-state index contributed by atoms with van der Waals surface area (Å²) in [5, 5.41) is 2.87. The first-order valence-electron chi connectivity index (χ1n) is 5.43. The Labute approximate surface area is 93.5 Å². The number of fused-ring (bicyclic) bond motifs is 1. The van der Waals surface area contributed by atoms with E-state index in [0.717, 1.165) is 11.3 Å². The van der Waals surface area contributed by atoms with Crippen LogP contribution in [0.1, 0.15) is 12.0 Å². The summed E-state index contributed by atoms with van der Waals surface area (Å²) < 4.78 is 11.2. The topological polar surface area (TPSA) is 47.6 Å². The third-order valence-electron chi connectivity index (χ3n) is 2.99. The minimum Gasteiger partial charge on any atom is -0.347 e. The third kappa shape index (κ3) is 1.60. The van der Waals surface area contributed by atoms with Gasteiger partial charge in [0.1, 0.15) is 0 Å². The van der Waals surface area contributed by atoms with Crippen molar-refractivity contribution in [2.45, 2.75) is 18.6 Å².